The lowest BCUT2D eigenvalue weighted by Gasteiger charge is -2.32. The second-order valence-corrected chi connectivity index (χ2v) is 4.42. The molecule has 102 valence electrons. The summed E-state index contributed by atoms with van der Waals surface area (Å²) in [4.78, 5) is 8.52. The summed E-state index contributed by atoms with van der Waals surface area (Å²) in [6.07, 6.45) is 4.08. The van der Waals surface area contributed by atoms with E-state index in [-0.39, 0.29) is 12.1 Å². The Kier molecular flexibility index (Phi) is 5.34. The third-order valence-corrected chi connectivity index (χ3v) is 3.58. The number of hydrogen-bond acceptors (Lipinski definition) is 5. The van der Waals surface area contributed by atoms with Crippen molar-refractivity contribution in [3.05, 3.63) is 11.9 Å². The molecule has 5 heteroatoms. The van der Waals surface area contributed by atoms with E-state index in [9.17, 15) is 5.11 Å². The summed E-state index contributed by atoms with van der Waals surface area (Å²) in [5, 5.41) is 16.1. The Balaban J connectivity index is 3.09. The number of hydrogen-bond donors (Lipinski definition) is 3. The lowest BCUT2D eigenvalue weighted by atomic mass is 9.93. The van der Waals surface area contributed by atoms with Crippen molar-refractivity contribution in [2.75, 3.05) is 24.3 Å². The van der Waals surface area contributed by atoms with Crippen molar-refractivity contribution < 1.29 is 5.11 Å². The highest BCUT2D eigenvalue weighted by atomic mass is 16.3. The van der Waals surface area contributed by atoms with Crippen molar-refractivity contribution in [1.29, 1.82) is 0 Å². The first-order valence-electron chi connectivity index (χ1n) is 6.57. The molecule has 0 radical (unpaired) electrons. The summed E-state index contributed by atoms with van der Waals surface area (Å²) in [6, 6.07) is 0. The van der Waals surface area contributed by atoms with Gasteiger partial charge in [-0.3, -0.25) is 0 Å². The van der Waals surface area contributed by atoms with Gasteiger partial charge in [0.05, 0.1) is 12.1 Å². The van der Waals surface area contributed by atoms with E-state index >= 15 is 0 Å². The van der Waals surface area contributed by atoms with Gasteiger partial charge in [-0.15, -0.1) is 0 Å². The van der Waals surface area contributed by atoms with Crippen LogP contribution in [0, 0.1) is 0 Å². The molecule has 1 heterocycles. The molecular formula is C13H24N4O. The second-order valence-electron chi connectivity index (χ2n) is 4.42. The van der Waals surface area contributed by atoms with E-state index in [2.05, 4.69) is 41.4 Å². The van der Waals surface area contributed by atoms with Crippen molar-refractivity contribution in [3.63, 3.8) is 0 Å². The number of aliphatic hydroxyl groups excluding tert-OH is 1. The summed E-state index contributed by atoms with van der Waals surface area (Å²) in [7, 11) is 1.85. The van der Waals surface area contributed by atoms with Crippen molar-refractivity contribution in [2.24, 2.45) is 0 Å². The Labute approximate surface area is 109 Å². The van der Waals surface area contributed by atoms with Gasteiger partial charge >= 0.3 is 0 Å². The molecule has 0 saturated heterocycles. The van der Waals surface area contributed by atoms with Crippen molar-refractivity contribution >= 4 is 11.6 Å². The number of aliphatic hydroxyl groups is 1. The van der Waals surface area contributed by atoms with E-state index in [4.69, 9.17) is 0 Å². The van der Waals surface area contributed by atoms with Crippen molar-refractivity contribution in [2.45, 2.75) is 45.6 Å². The predicted octanol–water partition coefficient (Wildman–Crippen LogP) is 2.04. The monoisotopic (exact) mass is 252 g/mol. The molecule has 0 aromatic carbocycles. The molecule has 1 aromatic heterocycles. The van der Waals surface area contributed by atoms with Crippen LogP contribution >= 0.6 is 0 Å². The Hall–Kier alpha value is -1.36. The molecule has 0 aliphatic rings. The standard InChI is InChI=1S/C13H24N4O/c1-5-10-11(14-4)15-9-16-12(10)17-13(6-2,7-3)8-18/h9,18H,5-8H2,1-4H3,(H2,14,15,16,17). The predicted molar refractivity (Wildman–Crippen MR) is 75.0 cm³/mol. The van der Waals surface area contributed by atoms with Gasteiger partial charge in [-0.2, -0.15) is 0 Å². The molecule has 0 aliphatic carbocycles. The number of nitrogens with zero attached hydrogens (tertiary/aromatic N) is 2. The molecule has 1 aromatic rings. The highest BCUT2D eigenvalue weighted by Gasteiger charge is 2.26. The van der Waals surface area contributed by atoms with Gasteiger partial charge in [-0.1, -0.05) is 20.8 Å². The molecule has 0 fully saturated rings. The SMILES string of the molecule is CCc1c(NC)ncnc1NC(CC)(CC)CO. The quantitative estimate of drug-likeness (QED) is 0.693. The van der Waals surface area contributed by atoms with Crippen molar-refractivity contribution in [3.8, 4) is 0 Å². The Bertz CT molecular complexity index is 369. The van der Waals surface area contributed by atoms with E-state index in [0.717, 1.165) is 36.5 Å². The van der Waals surface area contributed by atoms with Gasteiger partial charge in [0.2, 0.25) is 0 Å². The smallest absolute Gasteiger partial charge is 0.135 e. The minimum Gasteiger partial charge on any atom is -0.394 e. The van der Waals surface area contributed by atoms with Crippen LogP contribution in [0.1, 0.15) is 39.2 Å². The summed E-state index contributed by atoms with van der Waals surface area (Å²) in [6.45, 7) is 6.31. The van der Waals surface area contributed by atoms with Crippen LogP contribution < -0.4 is 10.6 Å². The normalized spacial score (nSPS) is 11.4. The topological polar surface area (TPSA) is 70.1 Å². The lowest BCUT2D eigenvalue weighted by molar-refractivity contribution is 0.202. The zero-order valence-electron chi connectivity index (χ0n) is 11.7. The van der Waals surface area contributed by atoms with Crippen LogP contribution in [-0.4, -0.2) is 34.3 Å². The Morgan fingerprint density at radius 1 is 1.17 bits per heavy atom. The molecule has 5 nitrogen and oxygen atoms in total. The van der Waals surface area contributed by atoms with E-state index in [1.807, 2.05) is 7.05 Å². The molecule has 0 spiro atoms. The average Bonchev–Trinajstić information content (AvgIpc) is 2.44. The average molecular weight is 252 g/mol. The minimum absolute atomic E-state index is 0.0993. The molecule has 18 heavy (non-hydrogen) atoms. The fourth-order valence-corrected chi connectivity index (χ4v) is 2.01. The van der Waals surface area contributed by atoms with Gasteiger partial charge in [-0.25, -0.2) is 9.97 Å². The van der Waals surface area contributed by atoms with Crippen molar-refractivity contribution in [1.82, 2.24) is 9.97 Å². The Morgan fingerprint density at radius 2 is 1.78 bits per heavy atom. The minimum atomic E-state index is -0.302. The summed E-state index contributed by atoms with van der Waals surface area (Å²) < 4.78 is 0. The summed E-state index contributed by atoms with van der Waals surface area (Å²) in [5.74, 6) is 1.66. The molecule has 0 bridgehead atoms. The highest BCUT2D eigenvalue weighted by molar-refractivity contribution is 5.58. The molecule has 0 atom stereocenters. The molecule has 0 amide bonds. The molecule has 0 aliphatic heterocycles. The molecule has 0 unspecified atom stereocenters. The van der Waals surface area contributed by atoms with E-state index in [0.29, 0.717) is 0 Å². The molecule has 0 saturated carbocycles. The maximum absolute atomic E-state index is 9.61. The van der Waals surface area contributed by atoms with Crippen LogP contribution in [0.2, 0.25) is 0 Å². The Morgan fingerprint density at radius 3 is 2.22 bits per heavy atom. The van der Waals surface area contributed by atoms with Crippen LogP contribution in [0.15, 0.2) is 6.33 Å². The fourth-order valence-electron chi connectivity index (χ4n) is 2.01. The molecule has 3 N–H and O–H groups in total. The maximum Gasteiger partial charge on any atom is 0.135 e. The number of nitrogens with one attached hydrogen (secondary N) is 2. The lowest BCUT2D eigenvalue weighted by Crippen LogP contribution is -2.41. The zero-order chi connectivity index (χ0) is 13.6. The van der Waals surface area contributed by atoms with Crippen LogP contribution in [0.4, 0.5) is 11.6 Å². The highest BCUT2D eigenvalue weighted by Crippen LogP contribution is 2.26. The van der Waals surface area contributed by atoms with Crippen LogP contribution in [0.25, 0.3) is 0 Å². The van der Waals surface area contributed by atoms with E-state index in [1.165, 1.54) is 0 Å². The number of aromatic nitrogens is 2. The van der Waals surface area contributed by atoms with Gasteiger partial charge in [0.25, 0.3) is 0 Å². The first-order chi connectivity index (χ1) is 8.66. The van der Waals surface area contributed by atoms with Gasteiger partial charge in [0.15, 0.2) is 0 Å². The second kappa shape index (κ2) is 6.54. The molecule has 1 rings (SSSR count). The van der Waals surface area contributed by atoms with Crippen LogP contribution in [0.5, 0.6) is 0 Å². The largest absolute Gasteiger partial charge is 0.394 e. The maximum atomic E-state index is 9.61. The van der Waals surface area contributed by atoms with Gasteiger partial charge < -0.3 is 15.7 Å². The van der Waals surface area contributed by atoms with Crippen LogP contribution in [-0.2, 0) is 6.42 Å². The van der Waals surface area contributed by atoms with Gasteiger partial charge in [0.1, 0.15) is 18.0 Å². The fraction of sp³-hybridized carbons (Fsp3) is 0.692. The third kappa shape index (κ3) is 2.90. The van der Waals surface area contributed by atoms with Gasteiger partial charge in [0, 0.05) is 12.6 Å². The number of rotatable bonds is 7. The zero-order valence-corrected chi connectivity index (χ0v) is 11.7. The first-order valence-corrected chi connectivity index (χ1v) is 6.57. The van der Waals surface area contributed by atoms with Gasteiger partial charge in [-0.05, 0) is 19.3 Å². The van der Waals surface area contributed by atoms with Crippen LogP contribution in [0.3, 0.4) is 0 Å². The van der Waals surface area contributed by atoms with E-state index < -0.39 is 0 Å². The summed E-state index contributed by atoms with van der Waals surface area (Å²) >= 11 is 0. The number of anilines is 2. The summed E-state index contributed by atoms with van der Waals surface area (Å²) in [5.41, 5.74) is 0.753. The van der Waals surface area contributed by atoms with E-state index in [1.54, 1.807) is 6.33 Å². The molecular weight excluding hydrogens is 228 g/mol. The first kappa shape index (κ1) is 14.7. The third-order valence-electron chi connectivity index (χ3n) is 3.58.